The molecule has 4 atom stereocenters. The summed E-state index contributed by atoms with van der Waals surface area (Å²) in [5, 5.41) is 10.5. The van der Waals surface area contributed by atoms with Crippen LogP contribution < -0.4 is 4.74 Å². The molecular formula is C15H18BrNO2. The Morgan fingerprint density at radius 2 is 2.26 bits per heavy atom. The summed E-state index contributed by atoms with van der Waals surface area (Å²) < 4.78 is 7.41. The maximum atomic E-state index is 10.5. The molecule has 0 aromatic heterocycles. The molecule has 4 heteroatoms. The molecular weight excluding hydrogens is 306 g/mol. The zero-order chi connectivity index (χ0) is 13.0. The zero-order valence-electron chi connectivity index (χ0n) is 10.8. The summed E-state index contributed by atoms with van der Waals surface area (Å²) >= 11 is 3.46. The minimum Gasteiger partial charge on any atom is -0.486 e. The lowest BCUT2D eigenvalue weighted by atomic mass is 9.75. The first kappa shape index (κ1) is 12.2. The lowest BCUT2D eigenvalue weighted by molar-refractivity contribution is -0.0736. The molecule has 19 heavy (non-hydrogen) atoms. The molecule has 3 heterocycles. The van der Waals surface area contributed by atoms with Crippen molar-refractivity contribution in [3.8, 4) is 5.75 Å². The topological polar surface area (TPSA) is 32.7 Å². The van der Waals surface area contributed by atoms with E-state index < -0.39 is 6.10 Å². The van der Waals surface area contributed by atoms with Crippen molar-refractivity contribution in [3.05, 3.63) is 28.2 Å². The third-order valence-corrected chi connectivity index (χ3v) is 5.54. The lowest BCUT2D eigenvalue weighted by Crippen LogP contribution is -2.53. The van der Waals surface area contributed by atoms with Crippen molar-refractivity contribution in [3.63, 3.8) is 0 Å². The second-order valence-corrected chi connectivity index (χ2v) is 7.02. The monoisotopic (exact) mass is 323 g/mol. The fourth-order valence-corrected chi connectivity index (χ4v) is 4.37. The van der Waals surface area contributed by atoms with E-state index in [1.54, 1.807) is 0 Å². The molecule has 1 N–H and O–H groups in total. The maximum Gasteiger partial charge on any atom is 0.126 e. The standard InChI is InChI=1S/C15H18BrNO2/c16-11-1-2-14-12(7-11)13(18)8-15(19-14)4-6-17-5-3-10(15)9-17/h1-2,7,10,13,18H,3-6,8-9H2/t10?,13-,15?/m1/s1. The summed E-state index contributed by atoms with van der Waals surface area (Å²) in [5.41, 5.74) is 0.799. The van der Waals surface area contributed by atoms with E-state index in [4.69, 9.17) is 4.74 Å². The molecule has 102 valence electrons. The summed E-state index contributed by atoms with van der Waals surface area (Å²) in [6.45, 7) is 3.44. The number of hydrogen-bond acceptors (Lipinski definition) is 3. The number of piperidine rings is 1. The van der Waals surface area contributed by atoms with Gasteiger partial charge in [0.1, 0.15) is 11.4 Å². The molecule has 2 bridgehead atoms. The van der Waals surface area contributed by atoms with Gasteiger partial charge in [0, 0.05) is 41.9 Å². The number of ether oxygens (including phenoxy) is 1. The highest BCUT2D eigenvalue weighted by Crippen LogP contribution is 2.49. The number of benzene rings is 1. The first-order chi connectivity index (χ1) is 9.16. The minimum atomic E-state index is -0.395. The van der Waals surface area contributed by atoms with E-state index in [0.29, 0.717) is 5.92 Å². The number of fused-ring (bicyclic) bond motifs is 4. The van der Waals surface area contributed by atoms with Gasteiger partial charge in [-0.1, -0.05) is 15.9 Å². The minimum absolute atomic E-state index is 0.132. The molecule has 2 fully saturated rings. The number of nitrogens with zero attached hydrogens (tertiary/aromatic N) is 1. The molecule has 4 rings (SSSR count). The molecule has 3 aliphatic heterocycles. The molecule has 0 radical (unpaired) electrons. The normalized spacial score (nSPS) is 40.0. The highest BCUT2D eigenvalue weighted by atomic mass is 79.9. The van der Waals surface area contributed by atoms with E-state index in [9.17, 15) is 5.11 Å². The fraction of sp³-hybridized carbons (Fsp3) is 0.600. The van der Waals surface area contributed by atoms with E-state index in [1.165, 1.54) is 13.0 Å². The van der Waals surface area contributed by atoms with Gasteiger partial charge in [0.15, 0.2) is 0 Å². The van der Waals surface area contributed by atoms with Gasteiger partial charge < -0.3 is 14.7 Å². The molecule has 3 aliphatic rings. The smallest absolute Gasteiger partial charge is 0.126 e. The Hall–Kier alpha value is -0.580. The number of aliphatic hydroxyl groups excluding tert-OH is 1. The largest absolute Gasteiger partial charge is 0.486 e. The van der Waals surface area contributed by atoms with Crippen LogP contribution in [-0.4, -0.2) is 35.2 Å². The van der Waals surface area contributed by atoms with Crippen molar-refractivity contribution in [2.45, 2.75) is 31.0 Å². The summed E-state index contributed by atoms with van der Waals surface area (Å²) in [6, 6.07) is 5.97. The SMILES string of the molecule is O[C@@H]1CC2(CCN3CCC2C3)Oc2ccc(Br)cc21. The predicted octanol–water partition coefficient (Wildman–Crippen LogP) is 2.73. The first-order valence-electron chi connectivity index (χ1n) is 7.05. The van der Waals surface area contributed by atoms with Crippen LogP contribution in [0.5, 0.6) is 5.75 Å². The van der Waals surface area contributed by atoms with Crippen LogP contribution in [0.15, 0.2) is 22.7 Å². The van der Waals surface area contributed by atoms with Crippen LogP contribution in [0.4, 0.5) is 0 Å². The Balaban J connectivity index is 1.72. The van der Waals surface area contributed by atoms with Crippen LogP contribution in [0.25, 0.3) is 0 Å². The quantitative estimate of drug-likeness (QED) is 0.796. The third-order valence-electron chi connectivity index (χ3n) is 5.05. The van der Waals surface area contributed by atoms with Gasteiger partial charge in [0.2, 0.25) is 0 Å². The second kappa shape index (κ2) is 4.21. The molecule has 1 aromatic rings. The average Bonchev–Trinajstić information content (AvgIpc) is 2.81. The predicted molar refractivity (Wildman–Crippen MR) is 76.2 cm³/mol. The van der Waals surface area contributed by atoms with Crippen LogP contribution in [0.2, 0.25) is 0 Å². The number of halogens is 1. The molecule has 0 saturated carbocycles. The summed E-state index contributed by atoms with van der Waals surface area (Å²) in [7, 11) is 0. The van der Waals surface area contributed by atoms with Crippen LogP contribution in [0.1, 0.15) is 30.9 Å². The van der Waals surface area contributed by atoms with Gasteiger partial charge >= 0.3 is 0 Å². The lowest BCUT2D eigenvalue weighted by Gasteiger charge is -2.47. The molecule has 3 nitrogen and oxygen atoms in total. The number of rotatable bonds is 0. The second-order valence-electron chi connectivity index (χ2n) is 6.11. The van der Waals surface area contributed by atoms with Crippen LogP contribution >= 0.6 is 15.9 Å². The molecule has 1 spiro atoms. The first-order valence-corrected chi connectivity index (χ1v) is 7.84. The van der Waals surface area contributed by atoms with Gasteiger partial charge in [-0.2, -0.15) is 0 Å². The van der Waals surface area contributed by atoms with Gasteiger partial charge in [-0.25, -0.2) is 0 Å². The van der Waals surface area contributed by atoms with E-state index in [0.717, 1.165) is 41.7 Å². The van der Waals surface area contributed by atoms with E-state index in [-0.39, 0.29) is 5.60 Å². The zero-order valence-corrected chi connectivity index (χ0v) is 12.4. The van der Waals surface area contributed by atoms with Gasteiger partial charge in [-0.05, 0) is 31.2 Å². The van der Waals surface area contributed by atoms with Crippen molar-refractivity contribution in [1.29, 1.82) is 0 Å². The maximum absolute atomic E-state index is 10.5. The van der Waals surface area contributed by atoms with Gasteiger partial charge in [0.25, 0.3) is 0 Å². The van der Waals surface area contributed by atoms with E-state index in [2.05, 4.69) is 20.8 Å². The summed E-state index contributed by atoms with van der Waals surface area (Å²) in [6.07, 6.45) is 2.60. The van der Waals surface area contributed by atoms with Gasteiger partial charge in [0.05, 0.1) is 6.10 Å². The van der Waals surface area contributed by atoms with Crippen molar-refractivity contribution in [1.82, 2.24) is 4.90 Å². The van der Waals surface area contributed by atoms with Gasteiger partial charge in [-0.3, -0.25) is 0 Å². The van der Waals surface area contributed by atoms with Crippen LogP contribution in [0.3, 0.4) is 0 Å². The summed E-state index contributed by atoms with van der Waals surface area (Å²) in [5.74, 6) is 1.45. The van der Waals surface area contributed by atoms with Crippen LogP contribution in [-0.2, 0) is 0 Å². The Labute approximate surface area is 121 Å². The number of hydrogen-bond donors (Lipinski definition) is 1. The highest BCUT2D eigenvalue weighted by molar-refractivity contribution is 9.10. The third kappa shape index (κ3) is 1.84. The fourth-order valence-electron chi connectivity index (χ4n) is 3.99. The number of aliphatic hydroxyl groups is 1. The van der Waals surface area contributed by atoms with Crippen molar-refractivity contribution in [2.75, 3.05) is 19.6 Å². The average molecular weight is 324 g/mol. The van der Waals surface area contributed by atoms with Crippen molar-refractivity contribution < 1.29 is 9.84 Å². The van der Waals surface area contributed by atoms with Crippen molar-refractivity contribution >= 4 is 15.9 Å². The molecule has 0 aliphatic carbocycles. The van der Waals surface area contributed by atoms with E-state index >= 15 is 0 Å². The molecule has 2 saturated heterocycles. The van der Waals surface area contributed by atoms with Crippen molar-refractivity contribution in [2.24, 2.45) is 5.92 Å². The Morgan fingerprint density at radius 3 is 3.16 bits per heavy atom. The highest BCUT2D eigenvalue weighted by Gasteiger charge is 2.51. The summed E-state index contributed by atoms with van der Waals surface area (Å²) in [4.78, 5) is 2.52. The Kier molecular flexibility index (Phi) is 2.70. The van der Waals surface area contributed by atoms with Crippen LogP contribution in [0, 0.1) is 5.92 Å². The van der Waals surface area contributed by atoms with E-state index in [1.807, 2.05) is 18.2 Å². The van der Waals surface area contributed by atoms with Gasteiger partial charge in [-0.15, -0.1) is 0 Å². The Morgan fingerprint density at radius 1 is 1.37 bits per heavy atom. The Bertz CT molecular complexity index is 521. The molecule has 0 amide bonds. The molecule has 3 unspecified atom stereocenters. The molecule has 1 aromatic carbocycles.